The molecular formula is C12H16OS. The van der Waals surface area contributed by atoms with Gasteiger partial charge in [-0.25, -0.2) is 0 Å². The summed E-state index contributed by atoms with van der Waals surface area (Å²) < 4.78 is 0. The van der Waals surface area contributed by atoms with E-state index in [1.165, 1.54) is 18.4 Å². The highest BCUT2D eigenvalue weighted by molar-refractivity contribution is 7.99. The average molecular weight is 208 g/mol. The van der Waals surface area contributed by atoms with Gasteiger partial charge in [0.05, 0.1) is 6.10 Å². The van der Waals surface area contributed by atoms with Crippen molar-refractivity contribution in [3.8, 4) is 0 Å². The third kappa shape index (κ3) is 2.52. The molecule has 0 amide bonds. The molecule has 0 bridgehead atoms. The first-order chi connectivity index (χ1) is 6.86. The Kier molecular flexibility index (Phi) is 3.49. The molecule has 1 saturated carbocycles. The highest BCUT2D eigenvalue weighted by Crippen LogP contribution is 2.31. The van der Waals surface area contributed by atoms with Crippen molar-refractivity contribution >= 4 is 11.8 Å². The second-order valence-electron chi connectivity index (χ2n) is 3.83. The van der Waals surface area contributed by atoms with Crippen LogP contribution in [0.25, 0.3) is 0 Å². The van der Waals surface area contributed by atoms with Crippen LogP contribution in [0.2, 0.25) is 0 Å². The smallest absolute Gasteiger partial charge is 0.0658 e. The minimum Gasteiger partial charge on any atom is -0.392 e. The first kappa shape index (κ1) is 10.1. The minimum atomic E-state index is -0.0660. The van der Waals surface area contributed by atoms with E-state index in [9.17, 15) is 5.11 Å². The van der Waals surface area contributed by atoms with E-state index in [0.29, 0.717) is 5.25 Å². The molecule has 1 aliphatic rings. The quantitative estimate of drug-likeness (QED) is 0.824. The molecule has 0 aromatic heterocycles. The van der Waals surface area contributed by atoms with Gasteiger partial charge in [0.2, 0.25) is 0 Å². The molecule has 14 heavy (non-hydrogen) atoms. The first-order valence-corrected chi connectivity index (χ1v) is 6.25. The normalized spacial score (nSPS) is 26.6. The van der Waals surface area contributed by atoms with E-state index in [-0.39, 0.29) is 6.10 Å². The molecule has 1 aromatic rings. The maximum absolute atomic E-state index is 9.65. The van der Waals surface area contributed by atoms with Crippen LogP contribution in [0.4, 0.5) is 0 Å². The Balaban J connectivity index is 1.82. The van der Waals surface area contributed by atoms with Crippen molar-refractivity contribution in [1.29, 1.82) is 0 Å². The average Bonchev–Trinajstić information content (AvgIpc) is 2.63. The highest BCUT2D eigenvalue weighted by atomic mass is 32.2. The molecular weight excluding hydrogens is 192 g/mol. The van der Waals surface area contributed by atoms with Crippen LogP contribution in [-0.2, 0) is 5.75 Å². The van der Waals surface area contributed by atoms with Gasteiger partial charge in [0, 0.05) is 11.0 Å². The molecule has 0 radical (unpaired) electrons. The Labute approximate surface area is 89.5 Å². The Morgan fingerprint density at radius 2 is 2.00 bits per heavy atom. The zero-order valence-electron chi connectivity index (χ0n) is 8.23. The fourth-order valence-electron chi connectivity index (χ4n) is 1.88. The first-order valence-electron chi connectivity index (χ1n) is 5.20. The number of hydrogen-bond acceptors (Lipinski definition) is 2. The topological polar surface area (TPSA) is 20.2 Å². The molecule has 2 heteroatoms. The van der Waals surface area contributed by atoms with Gasteiger partial charge >= 0.3 is 0 Å². The molecule has 0 aliphatic heterocycles. The molecule has 0 heterocycles. The molecule has 1 nitrogen and oxygen atoms in total. The van der Waals surface area contributed by atoms with Gasteiger partial charge in [0.15, 0.2) is 0 Å². The van der Waals surface area contributed by atoms with Crippen LogP contribution in [-0.4, -0.2) is 16.5 Å². The largest absolute Gasteiger partial charge is 0.392 e. The van der Waals surface area contributed by atoms with Crippen molar-refractivity contribution < 1.29 is 5.11 Å². The summed E-state index contributed by atoms with van der Waals surface area (Å²) in [7, 11) is 0. The lowest BCUT2D eigenvalue weighted by atomic mass is 10.2. The van der Waals surface area contributed by atoms with Crippen LogP contribution in [0, 0.1) is 0 Å². The summed E-state index contributed by atoms with van der Waals surface area (Å²) in [5.41, 5.74) is 1.36. The van der Waals surface area contributed by atoms with Crippen molar-refractivity contribution in [3.05, 3.63) is 35.9 Å². The van der Waals surface area contributed by atoms with Gasteiger partial charge in [-0.1, -0.05) is 30.3 Å². The Morgan fingerprint density at radius 1 is 1.21 bits per heavy atom. The van der Waals surface area contributed by atoms with E-state index in [1.807, 2.05) is 17.8 Å². The summed E-state index contributed by atoms with van der Waals surface area (Å²) >= 11 is 1.90. The summed E-state index contributed by atoms with van der Waals surface area (Å²) in [4.78, 5) is 0. The van der Waals surface area contributed by atoms with E-state index in [1.54, 1.807) is 0 Å². The van der Waals surface area contributed by atoms with Crippen LogP contribution in [0.15, 0.2) is 30.3 Å². The number of aliphatic hydroxyl groups excluding tert-OH is 1. The highest BCUT2D eigenvalue weighted by Gasteiger charge is 2.25. The van der Waals surface area contributed by atoms with Gasteiger partial charge in [-0.05, 0) is 24.8 Å². The fraction of sp³-hybridized carbons (Fsp3) is 0.500. The van der Waals surface area contributed by atoms with E-state index in [4.69, 9.17) is 0 Å². The SMILES string of the molecule is OC1CCC[C@@H]1SCc1ccccc1. The third-order valence-corrected chi connectivity index (χ3v) is 4.20. The second kappa shape index (κ2) is 4.85. The third-order valence-electron chi connectivity index (χ3n) is 2.72. The zero-order valence-corrected chi connectivity index (χ0v) is 9.04. The Hall–Kier alpha value is -0.470. The molecule has 1 aliphatic carbocycles. The molecule has 0 spiro atoms. The number of benzene rings is 1. The molecule has 1 fully saturated rings. The summed E-state index contributed by atoms with van der Waals surface area (Å²) in [6.45, 7) is 0. The molecule has 1 unspecified atom stereocenters. The van der Waals surface area contributed by atoms with Gasteiger partial charge in [-0.2, -0.15) is 11.8 Å². The van der Waals surface area contributed by atoms with Crippen molar-refractivity contribution in [3.63, 3.8) is 0 Å². The lowest BCUT2D eigenvalue weighted by Gasteiger charge is -2.13. The molecule has 2 atom stereocenters. The number of hydrogen-bond donors (Lipinski definition) is 1. The van der Waals surface area contributed by atoms with Crippen molar-refractivity contribution in [2.45, 2.75) is 36.4 Å². The van der Waals surface area contributed by atoms with Crippen LogP contribution in [0.5, 0.6) is 0 Å². The lowest BCUT2D eigenvalue weighted by molar-refractivity contribution is 0.188. The zero-order chi connectivity index (χ0) is 9.80. The standard InChI is InChI=1S/C12H16OS/c13-11-7-4-8-12(11)14-9-10-5-2-1-3-6-10/h1-3,5-6,11-13H,4,7-9H2/t11?,12-/m0/s1. The van der Waals surface area contributed by atoms with Crippen LogP contribution >= 0.6 is 11.8 Å². The van der Waals surface area contributed by atoms with Crippen molar-refractivity contribution in [1.82, 2.24) is 0 Å². The second-order valence-corrected chi connectivity index (χ2v) is 5.06. The van der Waals surface area contributed by atoms with Gasteiger partial charge < -0.3 is 5.11 Å². The molecule has 0 saturated heterocycles. The number of thioether (sulfide) groups is 1. The van der Waals surface area contributed by atoms with Gasteiger partial charge in [0.25, 0.3) is 0 Å². The summed E-state index contributed by atoms with van der Waals surface area (Å²) in [5.74, 6) is 1.03. The monoisotopic (exact) mass is 208 g/mol. The van der Waals surface area contributed by atoms with Crippen molar-refractivity contribution in [2.24, 2.45) is 0 Å². The molecule has 2 rings (SSSR count). The van der Waals surface area contributed by atoms with E-state index in [0.717, 1.165) is 12.2 Å². The molecule has 76 valence electrons. The summed E-state index contributed by atoms with van der Waals surface area (Å²) in [5, 5.41) is 10.1. The van der Waals surface area contributed by atoms with Crippen LogP contribution in [0.3, 0.4) is 0 Å². The van der Waals surface area contributed by atoms with Crippen LogP contribution in [0.1, 0.15) is 24.8 Å². The predicted octanol–water partition coefficient (Wildman–Crippen LogP) is 2.83. The summed E-state index contributed by atoms with van der Waals surface area (Å²) in [6, 6.07) is 10.5. The van der Waals surface area contributed by atoms with E-state index >= 15 is 0 Å². The number of aliphatic hydroxyl groups is 1. The predicted molar refractivity (Wildman–Crippen MR) is 61.4 cm³/mol. The van der Waals surface area contributed by atoms with Gasteiger partial charge in [-0.15, -0.1) is 0 Å². The van der Waals surface area contributed by atoms with E-state index < -0.39 is 0 Å². The summed E-state index contributed by atoms with van der Waals surface area (Å²) in [6.07, 6.45) is 3.29. The van der Waals surface area contributed by atoms with E-state index in [2.05, 4.69) is 24.3 Å². The molecule has 1 aromatic carbocycles. The Bertz CT molecular complexity index is 273. The van der Waals surface area contributed by atoms with Gasteiger partial charge in [-0.3, -0.25) is 0 Å². The minimum absolute atomic E-state index is 0.0660. The lowest BCUT2D eigenvalue weighted by Crippen LogP contribution is -2.15. The maximum Gasteiger partial charge on any atom is 0.0658 e. The fourth-order valence-corrected chi connectivity index (χ4v) is 3.17. The number of rotatable bonds is 3. The van der Waals surface area contributed by atoms with Crippen molar-refractivity contribution in [2.75, 3.05) is 0 Å². The van der Waals surface area contributed by atoms with Gasteiger partial charge in [0.1, 0.15) is 0 Å². The maximum atomic E-state index is 9.65. The molecule has 1 N–H and O–H groups in total. The Morgan fingerprint density at radius 3 is 2.64 bits per heavy atom. The van der Waals surface area contributed by atoms with Crippen LogP contribution < -0.4 is 0 Å².